The zero-order valence-corrected chi connectivity index (χ0v) is 11.0. The molecule has 2 rings (SSSR count). The van der Waals surface area contributed by atoms with Gasteiger partial charge in [-0.15, -0.1) is 0 Å². The summed E-state index contributed by atoms with van der Waals surface area (Å²) in [6.07, 6.45) is -3.20. The van der Waals surface area contributed by atoms with Gasteiger partial charge in [-0.1, -0.05) is 11.6 Å². The van der Waals surface area contributed by atoms with E-state index in [1.54, 1.807) is 6.07 Å². The largest absolute Gasteiger partial charge is 0.394 e. The van der Waals surface area contributed by atoms with E-state index in [9.17, 15) is 10.2 Å². The number of hydrogen-bond donors (Lipinski definition) is 4. The predicted octanol–water partition coefficient (Wildman–Crippen LogP) is -1.10. The molecule has 8 nitrogen and oxygen atoms in total. The van der Waals surface area contributed by atoms with Crippen molar-refractivity contribution in [1.82, 2.24) is 9.97 Å². The summed E-state index contributed by atoms with van der Waals surface area (Å²) in [6, 6.07) is 2.50. The molecule has 0 unspecified atom stereocenters. The summed E-state index contributed by atoms with van der Waals surface area (Å²) in [6.45, 7) is -0.324. The second kappa shape index (κ2) is 6.30. The van der Waals surface area contributed by atoms with E-state index < -0.39 is 24.4 Å². The van der Waals surface area contributed by atoms with Crippen LogP contribution in [0.3, 0.4) is 0 Å². The Balaban J connectivity index is 2.11. The van der Waals surface area contributed by atoms with E-state index in [0.29, 0.717) is 0 Å². The number of nitriles is 1. The molecule has 0 bridgehead atoms. The first-order valence-electron chi connectivity index (χ1n) is 5.85. The first-order valence-corrected chi connectivity index (χ1v) is 6.22. The lowest BCUT2D eigenvalue weighted by molar-refractivity contribution is -0.152. The minimum atomic E-state index is -1.22. The van der Waals surface area contributed by atoms with Crippen LogP contribution in [0.2, 0.25) is 5.15 Å². The van der Waals surface area contributed by atoms with Crippen molar-refractivity contribution in [2.24, 2.45) is 0 Å². The number of aliphatic hydroxyl groups excluding tert-OH is 3. The Hall–Kier alpha value is -1.50. The van der Waals surface area contributed by atoms with Crippen LogP contribution in [0.1, 0.15) is 5.82 Å². The number of hydrogen-bond acceptors (Lipinski definition) is 8. The van der Waals surface area contributed by atoms with Crippen molar-refractivity contribution in [1.29, 1.82) is 5.26 Å². The number of nitrogens with zero attached hydrogens (tertiary/aromatic N) is 3. The second-order valence-corrected chi connectivity index (χ2v) is 4.68. The topological polar surface area (TPSA) is 132 Å². The molecule has 4 N–H and O–H groups in total. The van der Waals surface area contributed by atoms with Gasteiger partial charge in [-0.2, -0.15) is 5.26 Å². The molecule has 20 heavy (non-hydrogen) atoms. The van der Waals surface area contributed by atoms with E-state index in [-0.39, 0.29) is 30.0 Å². The average molecular weight is 301 g/mol. The molecule has 1 saturated heterocycles. The highest BCUT2D eigenvalue weighted by molar-refractivity contribution is 6.29. The summed E-state index contributed by atoms with van der Waals surface area (Å²) in [5, 5.41) is 40.3. The van der Waals surface area contributed by atoms with Gasteiger partial charge in [0.15, 0.2) is 0 Å². The number of nitrogens with one attached hydrogen (secondary N) is 1. The molecular formula is C11H13ClN4O4. The second-order valence-electron chi connectivity index (χ2n) is 4.30. The lowest BCUT2D eigenvalue weighted by Gasteiger charge is -2.37. The van der Waals surface area contributed by atoms with Crippen molar-refractivity contribution in [2.75, 3.05) is 18.5 Å². The Morgan fingerprint density at radius 2 is 2.20 bits per heavy atom. The normalized spacial score (nSPS) is 29.8. The molecule has 1 fully saturated rings. The van der Waals surface area contributed by atoms with E-state index in [4.69, 9.17) is 26.7 Å². The standard InChI is InChI=1S/C11H13ClN4O4/c12-7-1-8(16-9(2-13)15-7)14-5-4-20-6(3-17)11(19)10(5)18/h1,5-6,10-11,17-19H,3-4H2,(H,14,15,16)/t5-,6+,10+,11-/m0/s1. The van der Waals surface area contributed by atoms with Gasteiger partial charge in [0.05, 0.1) is 19.3 Å². The van der Waals surface area contributed by atoms with Crippen molar-refractivity contribution >= 4 is 17.4 Å². The van der Waals surface area contributed by atoms with Crippen LogP contribution in [0.25, 0.3) is 0 Å². The molecule has 0 aliphatic carbocycles. The third-order valence-corrected chi connectivity index (χ3v) is 3.13. The van der Waals surface area contributed by atoms with E-state index in [1.165, 1.54) is 6.07 Å². The monoisotopic (exact) mass is 300 g/mol. The Morgan fingerprint density at radius 1 is 1.45 bits per heavy atom. The van der Waals surface area contributed by atoms with Gasteiger partial charge < -0.3 is 25.4 Å². The van der Waals surface area contributed by atoms with Crippen LogP contribution < -0.4 is 5.32 Å². The van der Waals surface area contributed by atoms with Gasteiger partial charge in [-0.3, -0.25) is 0 Å². The Labute approximate surface area is 119 Å². The van der Waals surface area contributed by atoms with Gasteiger partial charge in [-0.05, 0) is 0 Å². The summed E-state index contributed by atoms with van der Waals surface area (Å²) < 4.78 is 5.22. The van der Waals surface area contributed by atoms with Gasteiger partial charge >= 0.3 is 0 Å². The highest BCUT2D eigenvalue weighted by Gasteiger charge is 2.38. The molecule has 1 aromatic heterocycles. The summed E-state index contributed by atoms with van der Waals surface area (Å²) in [4.78, 5) is 7.56. The lowest BCUT2D eigenvalue weighted by atomic mass is 9.98. The van der Waals surface area contributed by atoms with Crippen molar-refractivity contribution < 1.29 is 20.1 Å². The molecule has 0 spiro atoms. The third kappa shape index (κ3) is 3.15. The minimum absolute atomic E-state index is 0.0625. The Morgan fingerprint density at radius 3 is 2.85 bits per heavy atom. The maximum absolute atomic E-state index is 9.95. The number of anilines is 1. The Bertz CT molecular complexity index is 524. The Kier molecular flexibility index (Phi) is 4.69. The summed E-state index contributed by atoms with van der Waals surface area (Å²) >= 11 is 5.74. The quantitative estimate of drug-likeness (QED) is 0.517. The van der Waals surface area contributed by atoms with Crippen molar-refractivity contribution in [3.8, 4) is 6.07 Å². The molecule has 0 saturated carbocycles. The highest BCUT2D eigenvalue weighted by Crippen LogP contribution is 2.19. The smallest absolute Gasteiger partial charge is 0.235 e. The van der Waals surface area contributed by atoms with Gasteiger partial charge in [-0.25, -0.2) is 9.97 Å². The maximum Gasteiger partial charge on any atom is 0.235 e. The fraction of sp³-hybridized carbons (Fsp3) is 0.545. The van der Waals surface area contributed by atoms with E-state index in [2.05, 4.69) is 15.3 Å². The fourth-order valence-electron chi connectivity index (χ4n) is 1.90. The third-order valence-electron chi connectivity index (χ3n) is 2.94. The number of halogens is 1. The zero-order chi connectivity index (χ0) is 14.7. The van der Waals surface area contributed by atoms with Crippen LogP contribution in [0.5, 0.6) is 0 Å². The van der Waals surface area contributed by atoms with Crippen LogP contribution in [-0.4, -0.2) is 62.9 Å². The van der Waals surface area contributed by atoms with Gasteiger partial charge in [0.25, 0.3) is 0 Å². The fourth-order valence-corrected chi connectivity index (χ4v) is 2.09. The molecule has 1 aliphatic heterocycles. The number of rotatable bonds is 3. The summed E-state index contributed by atoms with van der Waals surface area (Å²) in [5.41, 5.74) is 0. The first kappa shape index (κ1) is 14.9. The van der Waals surface area contributed by atoms with Crippen LogP contribution in [0, 0.1) is 11.3 Å². The number of aliphatic hydroxyl groups is 3. The van der Waals surface area contributed by atoms with Crippen LogP contribution in [0.4, 0.5) is 5.82 Å². The molecule has 1 aromatic rings. The van der Waals surface area contributed by atoms with Crippen molar-refractivity contribution in [3.63, 3.8) is 0 Å². The summed E-state index contributed by atoms with van der Waals surface area (Å²) in [7, 11) is 0. The molecular weight excluding hydrogens is 288 g/mol. The summed E-state index contributed by atoms with van der Waals surface area (Å²) in [5.74, 6) is 0.129. The first-order chi connectivity index (χ1) is 9.55. The highest BCUT2D eigenvalue weighted by atomic mass is 35.5. The molecule has 9 heteroatoms. The van der Waals surface area contributed by atoms with Gasteiger partial charge in [0.2, 0.25) is 5.82 Å². The molecule has 4 atom stereocenters. The molecule has 2 heterocycles. The molecule has 0 radical (unpaired) electrons. The molecule has 1 aliphatic rings. The number of aromatic nitrogens is 2. The van der Waals surface area contributed by atoms with E-state index in [1.807, 2.05) is 0 Å². The molecule has 108 valence electrons. The number of ether oxygens (including phenoxy) is 1. The minimum Gasteiger partial charge on any atom is -0.394 e. The van der Waals surface area contributed by atoms with E-state index >= 15 is 0 Å². The van der Waals surface area contributed by atoms with Crippen LogP contribution in [0.15, 0.2) is 6.07 Å². The molecule has 0 amide bonds. The zero-order valence-electron chi connectivity index (χ0n) is 10.3. The maximum atomic E-state index is 9.95. The van der Waals surface area contributed by atoms with E-state index in [0.717, 1.165) is 0 Å². The van der Waals surface area contributed by atoms with Gasteiger partial charge in [0.1, 0.15) is 35.4 Å². The van der Waals surface area contributed by atoms with Crippen molar-refractivity contribution in [3.05, 3.63) is 17.0 Å². The lowest BCUT2D eigenvalue weighted by Crippen LogP contribution is -2.56. The average Bonchev–Trinajstić information content (AvgIpc) is 2.43. The van der Waals surface area contributed by atoms with Crippen LogP contribution >= 0.6 is 11.6 Å². The molecule has 0 aromatic carbocycles. The predicted molar refractivity (Wildman–Crippen MR) is 68.0 cm³/mol. The van der Waals surface area contributed by atoms with Crippen LogP contribution in [-0.2, 0) is 4.74 Å². The van der Waals surface area contributed by atoms with Crippen molar-refractivity contribution in [2.45, 2.75) is 24.4 Å². The SMILES string of the molecule is N#Cc1nc(Cl)cc(N[C@H]2CO[C@H](CO)[C@H](O)[C@@H]2O)n1. The van der Waals surface area contributed by atoms with Gasteiger partial charge in [0, 0.05) is 6.07 Å².